The van der Waals surface area contributed by atoms with Gasteiger partial charge >= 0.3 is 0 Å². The van der Waals surface area contributed by atoms with Crippen molar-refractivity contribution in [1.29, 1.82) is 0 Å². The van der Waals surface area contributed by atoms with Gasteiger partial charge in [0.25, 0.3) is 5.91 Å². The third-order valence-electron chi connectivity index (χ3n) is 2.29. The summed E-state index contributed by atoms with van der Waals surface area (Å²) in [6.07, 6.45) is 1.57. The van der Waals surface area contributed by atoms with Crippen LogP contribution in [0, 0.1) is 12.8 Å². The number of rotatable bonds is 1. The lowest BCUT2D eigenvalue weighted by molar-refractivity contribution is 0.0487. The molecule has 0 bridgehead atoms. The van der Waals surface area contributed by atoms with Crippen molar-refractivity contribution in [2.75, 3.05) is 13.1 Å². The van der Waals surface area contributed by atoms with Gasteiger partial charge in [0.15, 0.2) is 0 Å². The van der Waals surface area contributed by atoms with Crippen LogP contribution >= 0.6 is 0 Å². The SMILES string of the molecule is Cc1cnoc1C(=O)N1CC(C)C1. The van der Waals surface area contributed by atoms with Crippen molar-refractivity contribution in [1.82, 2.24) is 10.1 Å². The van der Waals surface area contributed by atoms with Crippen molar-refractivity contribution in [3.05, 3.63) is 17.5 Å². The fourth-order valence-electron chi connectivity index (χ4n) is 1.50. The molecule has 70 valence electrons. The van der Waals surface area contributed by atoms with Gasteiger partial charge in [0.1, 0.15) is 0 Å². The molecule has 1 aromatic rings. The fraction of sp³-hybridized carbons (Fsp3) is 0.556. The largest absolute Gasteiger partial charge is 0.351 e. The van der Waals surface area contributed by atoms with Crippen LogP contribution in [0.1, 0.15) is 23.0 Å². The molecular formula is C9H12N2O2. The lowest BCUT2D eigenvalue weighted by atomic mass is 10.0. The first-order chi connectivity index (χ1) is 6.18. The Hall–Kier alpha value is -1.32. The highest BCUT2D eigenvalue weighted by Crippen LogP contribution is 2.19. The van der Waals surface area contributed by atoms with Crippen LogP contribution in [0.3, 0.4) is 0 Å². The molecular weight excluding hydrogens is 168 g/mol. The summed E-state index contributed by atoms with van der Waals surface area (Å²) >= 11 is 0. The number of hydrogen-bond acceptors (Lipinski definition) is 3. The van der Waals surface area contributed by atoms with E-state index in [-0.39, 0.29) is 5.91 Å². The van der Waals surface area contributed by atoms with Crippen molar-refractivity contribution >= 4 is 5.91 Å². The van der Waals surface area contributed by atoms with E-state index in [2.05, 4.69) is 12.1 Å². The molecule has 1 aromatic heterocycles. The van der Waals surface area contributed by atoms with Crippen LogP contribution in [-0.2, 0) is 0 Å². The van der Waals surface area contributed by atoms with E-state index in [1.54, 1.807) is 11.1 Å². The molecule has 1 aliphatic heterocycles. The first kappa shape index (κ1) is 8.29. The minimum absolute atomic E-state index is 0.0342. The smallest absolute Gasteiger partial charge is 0.292 e. The van der Waals surface area contributed by atoms with Crippen molar-refractivity contribution in [2.45, 2.75) is 13.8 Å². The fourth-order valence-corrected chi connectivity index (χ4v) is 1.50. The minimum atomic E-state index is -0.0342. The number of likely N-dealkylation sites (tertiary alicyclic amines) is 1. The molecule has 2 rings (SSSR count). The normalized spacial score (nSPS) is 17.2. The Bertz CT molecular complexity index is 326. The third-order valence-corrected chi connectivity index (χ3v) is 2.29. The second-order valence-electron chi connectivity index (χ2n) is 3.65. The number of amides is 1. The number of aryl methyl sites for hydroxylation is 1. The first-order valence-corrected chi connectivity index (χ1v) is 4.39. The molecule has 1 aliphatic rings. The molecule has 2 heterocycles. The van der Waals surface area contributed by atoms with Crippen LogP contribution < -0.4 is 0 Å². The predicted molar refractivity (Wildman–Crippen MR) is 46.3 cm³/mol. The molecule has 4 heteroatoms. The highest BCUT2D eigenvalue weighted by molar-refractivity contribution is 5.93. The Balaban J connectivity index is 2.10. The molecule has 0 atom stereocenters. The van der Waals surface area contributed by atoms with Gasteiger partial charge in [-0.25, -0.2) is 0 Å². The summed E-state index contributed by atoms with van der Waals surface area (Å²) in [5.74, 6) is 0.965. The quantitative estimate of drug-likeness (QED) is 0.649. The second-order valence-corrected chi connectivity index (χ2v) is 3.65. The van der Waals surface area contributed by atoms with Gasteiger partial charge in [-0.15, -0.1) is 0 Å². The van der Waals surface area contributed by atoms with Crippen LogP contribution in [0.2, 0.25) is 0 Å². The maximum Gasteiger partial charge on any atom is 0.292 e. The zero-order valence-electron chi connectivity index (χ0n) is 7.78. The summed E-state index contributed by atoms with van der Waals surface area (Å²) in [6.45, 7) is 5.61. The summed E-state index contributed by atoms with van der Waals surface area (Å²) in [6, 6.07) is 0. The summed E-state index contributed by atoms with van der Waals surface area (Å²) in [7, 11) is 0. The van der Waals surface area contributed by atoms with E-state index in [0.717, 1.165) is 18.7 Å². The number of hydrogen-bond donors (Lipinski definition) is 0. The van der Waals surface area contributed by atoms with Gasteiger partial charge in [0, 0.05) is 18.7 Å². The van der Waals surface area contributed by atoms with Crippen molar-refractivity contribution in [2.24, 2.45) is 5.92 Å². The molecule has 0 aliphatic carbocycles. The lowest BCUT2D eigenvalue weighted by Gasteiger charge is -2.36. The van der Waals surface area contributed by atoms with Crippen LogP contribution in [0.15, 0.2) is 10.7 Å². The van der Waals surface area contributed by atoms with Crippen LogP contribution in [0.4, 0.5) is 0 Å². The molecule has 1 amide bonds. The average Bonchev–Trinajstić information content (AvgIpc) is 2.44. The number of carbonyl (C=O) groups excluding carboxylic acids is 1. The van der Waals surface area contributed by atoms with Gasteiger partial charge in [0.2, 0.25) is 5.76 Å². The highest BCUT2D eigenvalue weighted by Gasteiger charge is 2.30. The molecule has 1 fully saturated rings. The zero-order valence-corrected chi connectivity index (χ0v) is 7.78. The maximum atomic E-state index is 11.6. The molecule has 4 nitrogen and oxygen atoms in total. The summed E-state index contributed by atoms with van der Waals surface area (Å²) in [4.78, 5) is 13.4. The number of nitrogens with zero attached hydrogens (tertiary/aromatic N) is 2. The Kier molecular flexibility index (Phi) is 1.83. The Morgan fingerprint density at radius 1 is 1.69 bits per heavy atom. The third kappa shape index (κ3) is 1.32. The standard InChI is InChI=1S/C9H12N2O2/c1-6-4-11(5-6)9(12)8-7(2)3-10-13-8/h3,6H,4-5H2,1-2H3. The summed E-state index contributed by atoms with van der Waals surface area (Å²) in [5, 5.41) is 3.58. The predicted octanol–water partition coefficient (Wildman–Crippen LogP) is 1.07. The Morgan fingerprint density at radius 3 is 2.85 bits per heavy atom. The van der Waals surface area contributed by atoms with E-state index in [9.17, 15) is 4.79 Å². The van der Waals surface area contributed by atoms with Gasteiger partial charge in [-0.2, -0.15) is 0 Å². The van der Waals surface area contributed by atoms with E-state index in [4.69, 9.17) is 4.52 Å². The molecule has 0 unspecified atom stereocenters. The second kappa shape index (κ2) is 2.87. The number of aromatic nitrogens is 1. The molecule has 0 aromatic carbocycles. The maximum absolute atomic E-state index is 11.6. The zero-order chi connectivity index (χ0) is 9.42. The topological polar surface area (TPSA) is 46.3 Å². The van der Waals surface area contributed by atoms with Gasteiger partial charge < -0.3 is 9.42 Å². The van der Waals surface area contributed by atoms with Crippen LogP contribution in [-0.4, -0.2) is 29.1 Å². The van der Waals surface area contributed by atoms with E-state index in [1.165, 1.54) is 0 Å². The van der Waals surface area contributed by atoms with Gasteiger partial charge in [0.05, 0.1) is 6.20 Å². The Labute approximate surface area is 76.5 Å². The Morgan fingerprint density at radius 2 is 2.38 bits per heavy atom. The summed E-state index contributed by atoms with van der Waals surface area (Å²) in [5.41, 5.74) is 0.810. The van der Waals surface area contributed by atoms with Crippen molar-refractivity contribution < 1.29 is 9.32 Å². The van der Waals surface area contributed by atoms with E-state index in [0.29, 0.717) is 11.7 Å². The molecule has 0 saturated carbocycles. The van der Waals surface area contributed by atoms with Crippen molar-refractivity contribution in [3.63, 3.8) is 0 Å². The first-order valence-electron chi connectivity index (χ1n) is 4.39. The van der Waals surface area contributed by atoms with Crippen LogP contribution in [0.25, 0.3) is 0 Å². The van der Waals surface area contributed by atoms with Gasteiger partial charge in [-0.3, -0.25) is 4.79 Å². The average molecular weight is 180 g/mol. The van der Waals surface area contributed by atoms with Crippen molar-refractivity contribution in [3.8, 4) is 0 Å². The van der Waals surface area contributed by atoms with Gasteiger partial charge in [-0.05, 0) is 12.8 Å². The highest BCUT2D eigenvalue weighted by atomic mass is 16.5. The lowest BCUT2D eigenvalue weighted by Crippen LogP contribution is -2.48. The van der Waals surface area contributed by atoms with E-state index in [1.807, 2.05) is 6.92 Å². The molecule has 0 N–H and O–H groups in total. The summed E-state index contributed by atoms with van der Waals surface area (Å²) < 4.78 is 4.88. The number of carbonyl (C=O) groups is 1. The molecule has 0 spiro atoms. The molecule has 0 radical (unpaired) electrons. The molecule has 13 heavy (non-hydrogen) atoms. The van der Waals surface area contributed by atoms with Crippen LogP contribution in [0.5, 0.6) is 0 Å². The molecule has 1 saturated heterocycles. The van der Waals surface area contributed by atoms with Gasteiger partial charge in [-0.1, -0.05) is 12.1 Å². The minimum Gasteiger partial charge on any atom is -0.351 e. The van der Waals surface area contributed by atoms with E-state index < -0.39 is 0 Å². The van der Waals surface area contributed by atoms with E-state index >= 15 is 0 Å². The monoisotopic (exact) mass is 180 g/mol.